The summed E-state index contributed by atoms with van der Waals surface area (Å²) < 4.78 is 0. The van der Waals surface area contributed by atoms with Gasteiger partial charge in [-0.1, -0.05) is 29.8 Å². The molecule has 0 fully saturated rings. The monoisotopic (exact) mass is 389 g/mol. The van der Waals surface area contributed by atoms with E-state index in [0.717, 1.165) is 24.9 Å². The molecule has 0 aliphatic heterocycles. The summed E-state index contributed by atoms with van der Waals surface area (Å²) in [5.41, 5.74) is 4.31. The fraction of sp³-hybridized carbons (Fsp3) is 0.348. The molecule has 1 amide bonds. The lowest BCUT2D eigenvalue weighted by molar-refractivity contribution is 0.0953. The number of carbonyl (C=O) groups excluding carboxylic acids is 1. The zero-order valence-corrected chi connectivity index (χ0v) is 16.6. The summed E-state index contributed by atoms with van der Waals surface area (Å²) in [6.45, 7) is 1.39. The number of fused-ring (bicyclic) bond motifs is 1. The van der Waals surface area contributed by atoms with Crippen molar-refractivity contribution in [3.63, 3.8) is 0 Å². The SMILES string of the molecule is O=C(NCCc1c[nH]c2ccccc12)c1cnc(NCCC2=CCCCC2)nc1. The molecule has 0 bridgehead atoms. The first-order chi connectivity index (χ1) is 14.3. The highest BCUT2D eigenvalue weighted by atomic mass is 16.1. The smallest absolute Gasteiger partial charge is 0.254 e. The summed E-state index contributed by atoms with van der Waals surface area (Å²) in [5, 5.41) is 7.38. The van der Waals surface area contributed by atoms with Gasteiger partial charge in [-0.05, 0) is 50.2 Å². The van der Waals surface area contributed by atoms with Crippen LogP contribution in [0.25, 0.3) is 10.9 Å². The van der Waals surface area contributed by atoms with Crippen molar-refractivity contribution < 1.29 is 4.79 Å². The summed E-state index contributed by atoms with van der Waals surface area (Å²) in [6.07, 6.45) is 14.3. The molecule has 1 aliphatic rings. The first-order valence-electron chi connectivity index (χ1n) is 10.4. The summed E-state index contributed by atoms with van der Waals surface area (Å²) in [4.78, 5) is 24.1. The number of allylic oxidation sites excluding steroid dienone is 1. The predicted octanol–water partition coefficient (Wildman–Crippen LogP) is 4.23. The van der Waals surface area contributed by atoms with Gasteiger partial charge < -0.3 is 15.6 Å². The Labute approximate surface area is 170 Å². The number of para-hydroxylation sites is 1. The number of rotatable bonds is 8. The van der Waals surface area contributed by atoms with Crippen molar-refractivity contribution in [1.29, 1.82) is 0 Å². The molecular weight excluding hydrogens is 362 g/mol. The fourth-order valence-corrected chi connectivity index (χ4v) is 3.75. The molecule has 0 radical (unpaired) electrons. The van der Waals surface area contributed by atoms with Gasteiger partial charge in [0.1, 0.15) is 0 Å². The average Bonchev–Trinajstić information content (AvgIpc) is 3.18. The molecule has 0 unspecified atom stereocenters. The van der Waals surface area contributed by atoms with Crippen LogP contribution in [0.4, 0.5) is 5.95 Å². The van der Waals surface area contributed by atoms with Crippen LogP contribution in [0.3, 0.4) is 0 Å². The van der Waals surface area contributed by atoms with Crippen molar-refractivity contribution in [2.45, 2.75) is 38.5 Å². The Balaban J connectivity index is 1.23. The van der Waals surface area contributed by atoms with Crippen molar-refractivity contribution in [2.24, 2.45) is 0 Å². The molecule has 0 spiro atoms. The van der Waals surface area contributed by atoms with Gasteiger partial charge in [-0.25, -0.2) is 9.97 Å². The predicted molar refractivity (Wildman–Crippen MR) is 116 cm³/mol. The normalized spacial score (nSPS) is 13.9. The van der Waals surface area contributed by atoms with Crippen LogP contribution >= 0.6 is 0 Å². The van der Waals surface area contributed by atoms with Gasteiger partial charge in [0.15, 0.2) is 0 Å². The summed E-state index contributed by atoms with van der Waals surface area (Å²) in [5.74, 6) is 0.417. The fourth-order valence-electron chi connectivity index (χ4n) is 3.75. The maximum atomic E-state index is 12.3. The maximum absolute atomic E-state index is 12.3. The highest BCUT2D eigenvalue weighted by Gasteiger charge is 2.09. The molecule has 3 N–H and O–H groups in total. The second-order valence-electron chi connectivity index (χ2n) is 7.45. The number of hydrogen-bond donors (Lipinski definition) is 3. The molecule has 0 saturated heterocycles. The standard InChI is InChI=1S/C23H27N5O/c29-22(24-13-11-18-14-26-21-9-5-4-8-20(18)21)19-15-27-23(28-16-19)25-12-10-17-6-2-1-3-7-17/h4-6,8-9,14-16,26H,1-3,7,10-13H2,(H,24,29)(H,25,27,28). The number of H-pyrrole nitrogens is 1. The Kier molecular flexibility index (Phi) is 6.19. The van der Waals surface area contributed by atoms with Crippen LogP contribution in [0.15, 0.2) is 54.5 Å². The molecule has 6 heteroatoms. The molecular formula is C23H27N5O. The summed E-state index contributed by atoms with van der Waals surface area (Å²) in [7, 11) is 0. The van der Waals surface area contributed by atoms with E-state index in [1.54, 1.807) is 12.4 Å². The largest absolute Gasteiger partial charge is 0.361 e. The van der Waals surface area contributed by atoms with Gasteiger partial charge in [0.25, 0.3) is 5.91 Å². The van der Waals surface area contributed by atoms with E-state index in [9.17, 15) is 4.79 Å². The highest BCUT2D eigenvalue weighted by Crippen LogP contribution is 2.20. The van der Waals surface area contributed by atoms with E-state index in [1.165, 1.54) is 42.2 Å². The molecule has 1 aliphatic carbocycles. The van der Waals surface area contributed by atoms with Gasteiger partial charge in [-0.15, -0.1) is 0 Å². The van der Waals surface area contributed by atoms with Gasteiger partial charge >= 0.3 is 0 Å². The van der Waals surface area contributed by atoms with Crippen molar-refractivity contribution in [3.05, 3.63) is 65.6 Å². The van der Waals surface area contributed by atoms with Gasteiger partial charge in [0, 0.05) is 42.6 Å². The first kappa shape index (κ1) is 19.2. The van der Waals surface area contributed by atoms with Crippen LogP contribution in [0.5, 0.6) is 0 Å². The molecule has 6 nitrogen and oxygen atoms in total. The summed E-state index contributed by atoms with van der Waals surface area (Å²) >= 11 is 0. The number of aromatic amines is 1. The van der Waals surface area contributed by atoms with Crippen LogP contribution in [-0.4, -0.2) is 33.9 Å². The minimum absolute atomic E-state index is 0.149. The van der Waals surface area contributed by atoms with Crippen molar-refractivity contribution in [2.75, 3.05) is 18.4 Å². The number of anilines is 1. The molecule has 4 rings (SSSR count). The van der Waals surface area contributed by atoms with Crippen molar-refractivity contribution in [3.8, 4) is 0 Å². The van der Waals surface area contributed by atoms with Crippen LogP contribution in [-0.2, 0) is 6.42 Å². The average molecular weight is 390 g/mol. The maximum Gasteiger partial charge on any atom is 0.254 e. The Morgan fingerprint density at radius 1 is 1.07 bits per heavy atom. The zero-order valence-electron chi connectivity index (χ0n) is 16.6. The number of aromatic nitrogens is 3. The van der Waals surface area contributed by atoms with Crippen molar-refractivity contribution in [1.82, 2.24) is 20.3 Å². The minimum atomic E-state index is -0.149. The minimum Gasteiger partial charge on any atom is -0.361 e. The topological polar surface area (TPSA) is 82.7 Å². The van der Waals surface area contributed by atoms with Gasteiger partial charge in [-0.3, -0.25) is 4.79 Å². The Morgan fingerprint density at radius 2 is 1.93 bits per heavy atom. The van der Waals surface area contributed by atoms with Crippen LogP contribution < -0.4 is 10.6 Å². The first-order valence-corrected chi connectivity index (χ1v) is 10.4. The second-order valence-corrected chi connectivity index (χ2v) is 7.45. The van der Waals surface area contributed by atoms with E-state index in [4.69, 9.17) is 0 Å². The van der Waals surface area contributed by atoms with Gasteiger partial charge in [-0.2, -0.15) is 0 Å². The molecule has 150 valence electrons. The molecule has 2 heterocycles. The quantitative estimate of drug-likeness (QED) is 0.504. The number of carbonyl (C=O) groups is 1. The Hall–Kier alpha value is -3.15. The highest BCUT2D eigenvalue weighted by molar-refractivity contribution is 5.93. The Morgan fingerprint density at radius 3 is 2.76 bits per heavy atom. The van der Waals surface area contributed by atoms with Crippen LogP contribution in [0.1, 0.15) is 48.0 Å². The van der Waals surface area contributed by atoms with E-state index in [-0.39, 0.29) is 5.91 Å². The molecule has 3 aromatic rings. The molecule has 2 aromatic heterocycles. The number of benzene rings is 1. The van der Waals surface area contributed by atoms with Crippen LogP contribution in [0.2, 0.25) is 0 Å². The van der Waals surface area contributed by atoms with Crippen LogP contribution in [0, 0.1) is 0 Å². The van der Waals surface area contributed by atoms with E-state index in [1.807, 2.05) is 18.3 Å². The summed E-state index contributed by atoms with van der Waals surface area (Å²) in [6, 6.07) is 8.18. The lowest BCUT2D eigenvalue weighted by Gasteiger charge is -2.12. The van der Waals surface area contributed by atoms with E-state index in [0.29, 0.717) is 18.1 Å². The molecule has 29 heavy (non-hydrogen) atoms. The number of nitrogens with one attached hydrogen (secondary N) is 3. The molecule has 0 atom stereocenters. The van der Waals surface area contributed by atoms with E-state index in [2.05, 4.69) is 43.8 Å². The molecule has 1 aromatic carbocycles. The second kappa shape index (κ2) is 9.37. The zero-order chi connectivity index (χ0) is 19.9. The van der Waals surface area contributed by atoms with Crippen molar-refractivity contribution >= 4 is 22.8 Å². The third-order valence-electron chi connectivity index (χ3n) is 5.38. The number of hydrogen-bond acceptors (Lipinski definition) is 4. The van der Waals surface area contributed by atoms with Gasteiger partial charge in [0.05, 0.1) is 5.56 Å². The molecule has 0 saturated carbocycles. The van der Waals surface area contributed by atoms with E-state index < -0.39 is 0 Å². The number of nitrogens with zero attached hydrogens (tertiary/aromatic N) is 2. The third-order valence-corrected chi connectivity index (χ3v) is 5.38. The number of amides is 1. The lowest BCUT2D eigenvalue weighted by Crippen LogP contribution is -2.26. The third kappa shape index (κ3) is 5.02. The van der Waals surface area contributed by atoms with E-state index >= 15 is 0 Å². The Bertz CT molecular complexity index is 990. The van der Waals surface area contributed by atoms with Gasteiger partial charge in [0.2, 0.25) is 5.95 Å². The lowest BCUT2D eigenvalue weighted by atomic mass is 9.97.